The van der Waals surface area contributed by atoms with Gasteiger partial charge < -0.3 is 16.0 Å². The van der Waals surface area contributed by atoms with Crippen molar-refractivity contribution in [3.8, 4) is 0 Å². The molecule has 1 saturated carbocycles. The van der Waals surface area contributed by atoms with Gasteiger partial charge in [-0.3, -0.25) is 14.5 Å². The van der Waals surface area contributed by atoms with Crippen molar-refractivity contribution in [2.24, 2.45) is 17.6 Å². The summed E-state index contributed by atoms with van der Waals surface area (Å²) in [6.45, 7) is 4.59. The third-order valence-electron chi connectivity index (χ3n) is 4.54. The summed E-state index contributed by atoms with van der Waals surface area (Å²) in [5.41, 5.74) is 5.41. The second-order valence-electron chi connectivity index (χ2n) is 6.02. The van der Waals surface area contributed by atoms with Gasteiger partial charge in [-0.1, -0.05) is 12.8 Å². The lowest BCUT2D eigenvalue weighted by Crippen LogP contribution is -2.50. The Morgan fingerprint density at radius 1 is 1.10 bits per heavy atom. The molecule has 20 heavy (non-hydrogen) atoms. The van der Waals surface area contributed by atoms with E-state index >= 15 is 0 Å². The summed E-state index contributed by atoms with van der Waals surface area (Å²) < 4.78 is 0. The molecule has 0 radical (unpaired) electrons. The van der Waals surface area contributed by atoms with Crippen molar-refractivity contribution in [3.05, 3.63) is 0 Å². The average molecular weight is 282 g/mol. The first-order chi connectivity index (χ1) is 9.58. The van der Waals surface area contributed by atoms with Crippen molar-refractivity contribution in [1.29, 1.82) is 0 Å². The number of carbonyl (C=O) groups is 2. The number of primary amides is 1. The fourth-order valence-electron chi connectivity index (χ4n) is 3.11. The van der Waals surface area contributed by atoms with Crippen LogP contribution in [0.5, 0.6) is 0 Å². The molecule has 1 aliphatic heterocycles. The van der Waals surface area contributed by atoms with Crippen LogP contribution < -0.4 is 11.1 Å². The molecule has 1 aliphatic carbocycles. The minimum absolute atomic E-state index is 0.00701. The third-order valence-corrected chi connectivity index (χ3v) is 4.54. The lowest BCUT2D eigenvalue weighted by Gasteiger charge is -2.33. The molecular weight excluding hydrogens is 256 g/mol. The molecule has 2 fully saturated rings. The van der Waals surface area contributed by atoms with Crippen LogP contribution in [0.3, 0.4) is 0 Å². The molecule has 2 atom stereocenters. The van der Waals surface area contributed by atoms with E-state index < -0.39 is 0 Å². The standard InChI is InChI=1S/C14H26N4O2/c1-17-6-8-18(9-7-17)10-16-14(20)12-5-3-2-4-11(12)13(15)19/h11-12H,2-10H2,1H3,(H2,15,19)(H,16,20). The Labute approximate surface area is 120 Å². The molecule has 114 valence electrons. The number of nitrogens with two attached hydrogens (primary N) is 1. The van der Waals surface area contributed by atoms with E-state index in [1.165, 1.54) is 0 Å². The molecule has 6 nitrogen and oxygen atoms in total. The number of rotatable bonds is 4. The monoisotopic (exact) mass is 282 g/mol. The van der Waals surface area contributed by atoms with Gasteiger partial charge >= 0.3 is 0 Å². The number of hydrogen-bond acceptors (Lipinski definition) is 4. The van der Waals surface area contributed by atoms with Gasteiger partial charge in [0.05, 0.1) is 6.67 Å². The van der Waals surface area contributed by atoms with Crippen molar-refractivity contribution < 1.29 is 9.59 Å². The number of amides is 2. The van der Waals surface area contributed by atoms with Crippen molar-refractivity contribution in [2.75, 3.05) is 39.9 Å². The Morgan fingerprint density at radius 3 is 2.30 bits per heavy atom. The Balaban J connectivity index is 1.79. The lowest BCUT2D eigenvalue weighted by atomic mass is 9.78. The Morgan fingerprint density at radius 2 is 1.70 bits per heavy atom. The second-order valence-corrected chi connectivity index (χ2v) is 6.02. The van der Waals surface area contributed by atoms with E-state index in [1.807, 2.05) is 0 Å². The summed E-state index contributed by atoms with van der Waals surface area (Å²) in [5, 5.41) is 2.98. The number of carbonyl (C=O) groups excluding carboxylic acids is 2. The van der Waals surface area contributed by atoms with Gasteiger partial charge in [-0.25, -0.2) is 0 Å². The molecule has 2 unspecified atom stereocenters. The maximum Gasteiger partial charge on any atom is 0.224 e. The van der Waals surface area contributed by atoms with Crippen LogP contribution in [-0.2, 0) is 9.59 Å². The highest BCUT2D eigenvalue weighted by Gasteiger charge is 2.34. The number of hydrogen-bond donors (Lipinski definition) is 2. The summed E-state index contributed by atoms with van der Waals surface area (Å²) in [6.07, 6.45) is 3.54. The van der Waals surface area contributed by atoms with Gasteiger partial charge in [0.25, 0.3) is 0 Å². The molecule has 0 aromatic heterocycles. The molecule has 0 aromatic rings. The first-order valence-corrected chi connectivity index (χ1v) is 7.56. The van der Waals surface area contributed by atoms with Gasteiger partial charge in [0.15, 0.2) is 0 Å². The van der Waals surface area contributed by atoms with E-state index in [0.717, 1.165) is 51.9 Å². The zero-order chi connectivity index (χ0) is 14.5. The Kier molecular flexibility index (Phi) is 5.37. The molecule has 2 amide bonds. The Hall–Kier alpha value is -1.14. The van der Waals surface area contributed by atoms with Crippen LogP contribution in [0.15, 0.2) is 0 Å². The highest BCUT2D eigenvalue weighted by atomic mass is 16.2. The maximum atomic E-state index is 12.3. The maximum absolute atomic E-state index is 12.3. The van der Waals surface area contributed by atoms with Crippen LogP contribution in [0.2, 0.25) is 0 Å². The van der Waals surface area contributed by atoms with Gasteiger partial charge in [-0.05, 0) is 19.9 Å². The average Bonchev–Trinajstić information content (AvgIpc) is 2.46. The highest BCUT2D eigenvalue weighted by molar-refractivity contribution is 5.87. The molecule has 2 rings (SSSR count). The van der Waals surface area contributed by atoms with Gasteiger partial charge in [0.1, 0.15) is 0 Å². The van der Waals surface area contributed by atoms with Crippen LogP contribution >= 0.6 is 0 Å². The fraction of sp³-hybridized carbons (Fsp3) is 0.857. The number of nitrogens with zero attached hydrogens (tertiary/aromatic N) is 2. The van der Waals surface area contributed by atoms with Crippen molar-refractivity contribution >= 4 is 11.8 Å². The molecule has 0 spiro atoms. The number of piperazine rings is 1. The second kappa shape index (κ2) is 7.04. The zero-order valence-electron chi connectivity index (χ0n) is 12.3. The summed E-state index contributed by atoms with van der Waals surface area (Å²) in [6, 6.07) is 0. The molecule has 1 saturated heterocycles. The summed E-state index contributed by atoms with van der Waals surface area (Å²) in [7, 11) is 2.11. The quantitative estimate of drug-likeness (QED) is 0.735. The fourth-order valence-corrected chi connectivity index (χ4v) is 3.11. The SMILES string of the molecule is CN1CCN(CNC(=O)C2CCCCC2C(N)=O)CC1. The van der Waals surface area contributed by atoms with E-state index in [1.54, 1.807) is 0 Å². The topological polar surface area (TPSA) is 78.7 Å². The smallest absolute Gasteiger partial charge is 0.224 e. The van der Waals surface area contributed by atoms with Gasteiger partial charge in [-0.15, -0.1) is 0 Å². The van der Waals surface area contributed by atoms with Gasteiger partial charge in [-0.2, -0.15) is 0 Å². The highest BCUT2D eigenvalue weighted by Crippen LogP contribution is 2.29. The predicted octanol–water partition coefficient (Wildman–Crippen LogP) is -0.401. The summed E-state index contributed by atoms with van der Waals surface area (Å²) in [5.74, 6) is -0.846. The minimum Gasteiger partial charge on any atom is -0.369 e. The molecule has 2 aliphatic rings. The Bertz CT molecular complexity index is 353. The molecule has 6 heteroatoms. The first-order valence-electron chi connectivity index (χ1n) is 7.56. The van der Waals surface area contributed by atoms with Crippen LogP contribution in [-0.4, -0.2) is 61.5 Å². The zero-order valence-corrected chi connectivity index (χ0v) is 12.3. The molecule has 0 bridgehead atoms. The van der Waals surface area contributed by atoms with E-state index in [2.05, 4.69) is 22.2 Å². The van der Waals surface area contributed by atoms with Crippen LogP contribution in [0.1, 0.15) is 25.7 Å². The van der Waals surface area contributed by atoms with Crippen LogP contribution in [0.4, 0.5) is 0 Å². The lowest BCUT2D eigenvalue weighted by molar-refractivity contribution is -0.135. The molecular formula is C14H26N4O2. The van der Waals surface area contributed by atoms with Crippen molar-refractivity contribution in [2.45, 2.75) is 25.7 Å². The molecule has 1 heterocycles. The largest absolute Gasteiger partial charge is 0.369 e. The van der Waals surface area contributed by atoms with E-state index in [4.69, 9.17) is 5.73 Å². The van der Waals surface area contributed by atoms with Crippen LogP contribution in [0, 0.1) is 11.8 Å². The van der Waals surface area contributed by atoms with Crippen molar-refractivity contribution in [3.63, 3.8) is 0 Å². The molecule has 0 aromatic carbocycles. The summed E-state index contributed by atoms with van der Waals surface area (Å²) >= 11 is 0. The summed E-state index contributed by atoms with van der Waals surface area (Å²) in [4.78, 5) is 28.2. The van der Waals surface area contributed by atoms with Crippen LogP contribution in [0.25, 0.3) is 0 Å². The van der Waals surface area contributed by atoms with Gasteiger partial charge in [0, 0.05) is 38.0 Å². The minimum atomic E-state index is -0.329. The molecule has 3 N–H and O–H groups in total. The number of nitrogens with one attached hydrogen (secondary N) is 1. The third kappa shape index (κ3) is 3.93. The number of likely N-dealkylation sites (N-methyl/N-ethyl adjacent to an activating group) is 1. The van der Waals surface area contributed by atoms with Crippen molar-refractivity contribution in [1.82, 2.24) is 15.1 Å². The van der Waals surface area contributed by atoms with E-state index in [0.29, 0.717) is 6.67 Å². The van der Waals surface area contributed by atoms with E-state index in [9.17, 15) is 9.59 Å². The predicted molar refractivity (Wildman–Crippen MR) is 76.7 cm³/mol. The normalized spacial score (nSPS) is 29.1. The van der Waals surface area contributed by atoms with E-state index in [-0.39, 0.29) is 23.7 Å². The van der Waals surface area contributed by atoms with Gasteiger partial charge in [0.2, 0.25) is 11.8 Å². The first kappa shape index (κ1) is 15.3.